The van der Waals surface area contributed by atoms with E-state index >= 15 is 0 Å². The second-order valence-electron chi connectivity index (χ2n) is 4.57. The van der Waals surface area contributed by atoms with E-state index in [2.05, 4.69) is 36.2 Å². The number of hydrogen-bond donors (Lipinski definition) is 3. The molecule has 2 rings (SSSR count). The lowest BCUT2D eigenvalue weighted by Crippen LogP contribution is -2.23. The standard InChI is InChI=1S/C14H16BrN5O2/c1-8-5-9(15)3-4-11(8)18-13(16)20-14-17-10(7-22-2)6-12(21)19-14/h3-6H,7H2,1-2H3,(H4,16,17,18,19,20,21). The number of anilines is 1. The van der Waals surface area contributed by atoms with E-state index in [4.69, 9.17) is 10.5 Å². The third-order valence-corrected chi connectivity index (χ3v) is 3.25. The van der Waals surface area contributed by atoms with Crippen LogP contribution >= 0.6 is 15.9 Å². The molecule has 0 aliphatic rings. The normalized spacial score (nSPS) is 11.5. The molecular weight excluding hydrogens is 350 g/mol. The Bertz CT molecular complexity index is 757. The van der Waals surface area contributed by atoms with Crippen LogP contribution in [0.2, 0.25) is 0 Å². The van der Waals surface area contributed by atoms with Gasteiger partial charge in [-0.1, -0.05) is 15.9 Å². The van der Waals surface area contributed by atoms with E-state index in [1.807, 2.05) is 25.1 Å². The Morgan fingerprint density at radius 2 is 2.27 bits per heavy atom. The van der Waals surface area contributed by atoms with Crippen molar-refractivity contribution >= 4 is 33.5 Å². The number of aromatic nitrogens is 2. The molecule has 2 aromatic rings. The molecule has 8 heteroatoms. The van der Waals surface area contributed by atoms with Gasteiger partial charge in [-0.3, -0.25) is 9.78 Å². The van der Waals surface area contributed by atoms with Crippen LogP contribution in [0.3, 0.4) is 0 Å². The number of guanidine groups is 1. The molecule has 116 valence electrons. The Morgan fingerprint density at radius 1 is 1.50 bits per heavy atom. The predicted octanol–water partition coefficient (Wildman–Crippen LogP) is 2.05. The van der Waals surface area contributed by atoms with Gasteiger partial charge < -0.3 is 15.8 Å². The van der Waals surface area contributed by atoms with Crippen LogP contribution in [0.5, 0.6) is 0 Å². The van der Waals surface area contributed by atoms with Crippen LogP contribution < -0.4 is 16.6 Å². The number of rotatable bonds is 4. The van der Waals surface area contributed by atoms with Crippen molar-refractivity contribution in [3.05, 3.63) is 50.3 Å². The van der Waals surface area contributed by atoms with Crippen molar-refractivity contribution < 1.29 is 4.74 Å². The van der Waals surface area contributed by atoms with Gasteiger partial charge in [-0.15, -0.1) is 0 Å². The second-order valence-corrected chi connectivity index (χ2v) is 5.49. The molecule has 0 atom stereocenters. The zero-order valence-corrected chi connectivity index (χ0v) is 13.8. The highest BCUT2D eigenvalue weighted by atomic mass is 79.9. The maximum Gasteiger partial charge on any atom is 0.252 e. The summed E-state index contributed by atoms with van der Waals surface area (Å²) in [5, 5.41) is 2.97. The molecule has 0 fully saturated rings. The molecule has 0 saturated carbocycles. The summed E-state index contributed by atoms with van der Waals surface area (Å²) in [4.78, 5) is 22.3. The molecule has 0 saturated heterocycles. The van der Waals surface area contributed by atoms with E-state index in [0.29, 0.717) is 5.69 Å². The monoisotopic (exact) mass is 365 g/mol. The number of ether oxygens (including phenoxy) is 1. The summed E-state index contributed by atoms with van der Waals surface area (Å²) in [6.45, 7) is 2.17. The molecule has 0 aliphatic heterocycles. The van der Waals surface area contributed by atoms with Crippen molar-refractivity contribution in [3.8, 4) is 0 Å². The molecule has 4 N–H and O–H groups in total. The minimum atomic E-state index is -0.312. The lowest BCUT2D eigenvalue weighted by Gasteiger charge is -2.09. The Balaban J connectivity index is 2.23. The molecule has 0 spiro atoms. The van der Waals surface area contributed by atoms with Crippen LogP contribution in [0.15, 0.2) is 38.5 Å². The molecule has 0 radical (unpaired) electrons. The van der Waals surface area contributed by atoms with Gasteiger partial charge in [0.1, 0.15) is 0 Å². The first kappa shape index (κ1) is 16.2. The summed E-state index contributed by atoms with van der Waals surface area (Å²) in [5.74, 6) is 0.252. The Labute approximate surface area is 135 Å². The van der Waals surface area contributed by atoms with E-state index in [-0.39, 0.29) is 24.1 Å². The Kier molecular flexibility index (Phi) is 5.29. The van der Waals surface area contributed by atoms with Gasteiger partial charge in [-0.2, -0.15) is 4.99 Å². The number of nitrogens with zero attached hydrogens (tertiary/aromatic N) is 2. The summed E-state index contributed by atoms with van der Waals surface area (Å²) >= 11 is 3.40. The van der Waals surface area contributed by atoms with E-state index < -0.39 is 0 Å². The number of aryl methyl sites for hydroxylation is 1. The van der Waals surface area contributed by atoms with Gasteiger partial charge in [0.2, 0.25) is 11.9 Å². The predicted molar refractivity (Wildman–Crippen MR) is 89.4 cm³/mol. The van der Waals surface area contributed by atoms with Gasteiger partial charge in [0.25, 0.3) is 5.56 Å². The van der Waals surface area contributed by atoms with E-state index in [9.17, 15) is 4.79 Å². The second kappa shape index (κ2) is 7.19. The van der Waals surface area contributed by atoms with Crippen LogP contribution in [0.1, 0.15) is 11.3 Å². The minimum absolute atomic E-state index is 0.124. The molecule has 7 nitrogen and oxygen atoms in total. The summed E-state index contributed by atoms with van der Waals surface area (Å²) < 4.78 is 5.93. The van der Waals surface area contributed by atoms with Crippen molar-refractivity contribution in [2.75, 3.05) is 12.4 Å². The first-order valence-corrected chi connectivity index (χ1v) is 7.24. The molecular formula is C14H16BrN5O2. The van der Waals surface area contributed by atoms with Crippen molar-refractivity contribution in [2.45, 2.75) is 13.5 Å². The molecule has 0 unspecified atom stereocenters. The largest absolute Gasteiger partial charge is 0.378 e. The summed E-state index contributed by atoms with van der Waals surface area (Å²) in [6.07, 6.45) is 0. The van der Waals surface area contributed by atoms with Crippen molar-refractivity contribution in [1.29, 1.82) is 0 Å². The smallest absolute Gasteiger partial charge is 0.252 e. The average Bonchev–Trinajstić information content (AvgIpc) is 2.41. The highest BCUT2D eigenvalue weighted by molar-refractivity contribution is 9.10. The Hall–Kier alpha value is -2.19. The summed E-state index contributed by atoms with van der Waals surface area (Å²) in [6, 6.07) is 7.07. The van der Waals surface area contributed by atoms with E-state index in [0.717, 1.165) is 15.7 Å². The quantitative estimate of drug-likeness (QED) is 0.567. The topological polar surface area (TPSA) is 105 Å². The van der Waals surface area contributed by atoms with Gasteiger partial charge in [-0.25, -0.2) is 4.98 Å². The number of halogens is 1. The highest BCUT2D eigenvalue weighted by Gasteiger charge is 2.03. The third kappa shape index (κ3) is 4.40. The van der Waals surface area contributed by atoms with Gasteiger partial charge in [-0.05, 0) is 30.7 Å². The number of benzene rings is 1. The maximum absolute atomic E-state index is 11.5. The van der Waals surface area contributed by atoms with Crippen molar-refractivity contribution in [2.24, 2.45) is 10.7 Å². The number of nitrogens with one attached hydrogen (secondary N) is 2. The fraction of sp³-hybridized carbons (Fsp3) is 0.214. The van der Waals surface area contributed by atoms with Gasteiger partial charge in [0, 0.05) is 23.3 Å². The maximum atomic E-state index is 11.5. The number of aromatic amines is 1. The zero-order valence-electron chi connectivity index (χ0n) is 12.2. The SMILES string of the molecule is COCc1cc(=O)[nH]c(N=C(N)Nc2ccc(Br)cc2C)n1. The third-order valence-electron chi connectivity index (χ3n) is 2.75. The molecule has 0 bridgehead atoms. The molecule has 1 heterocycles. The minimum Gasteiger partial charge on any atom is -0.378 e. The van der Waals surface area contributed by atoms with Crippen LogP contribution in [-0.4, -0.2) is 23.0 Å². The first-order valence-electron chi connectivity index (χ1n) is 6.44. The molecule has 22 heavy (non-hydrogen) atoms. The fourth-order valence-corrected chi connectivity index (χ4v) is 2.29. The number of nitrogens with two attached hydrogens (primary N) is 1. The van der Waals surface area contributed by atoms with Gasteiger partial charge in [0.15, 0.2) is 0 Å². The van der Waals surface area contributed by atoms with Crippen LogP contribution in [0, 0.1) is 6.92 Å². The van der Waals surface area contributed by atoms with E-state index in [1.54, 1.807) is 0 Å². The molecule has 1 aromatic carbocycles. The fourth-order valence-electron chi connectivity index (χ4n) is 1.82. The van der Waals surface area contributed by atoms with Gasteiger partial charge >= 0.3 is 0 Å². The lowest BCUT2D eigenvalue weighted by atomic mass is 10.2. The number of aliphatic imine (C=N–C) groups is 1. The van der Waals surface area contributed by atoms with Crippen LogP contribution in [0.25, 0.3) is 0 Å². The average molecular weight is 366 g/mol. The Morgan fingerprint density at radius 3 is 2.95 bits per heavy atom. The van der Waals surface area contributed by atoms with Gasteiger partial charge in [0.05, 0.1) is 12.3 Å². The van der Waals surface area contributed by atoms with Crippen LogP contribution in [-0.2, 0) is 11.3 Å². The molecule has 0 aliphatic carbocycles. The highest BCUT2D eigenvalue weighted by Crippen LogP contribution is 2.19. The first-order chi connectivity index (χ1) is 10.5. The van der Waals surface area contributed by atoms with Crippen LogP contribution in [0.4, 0.5) is 11.6 Å². The van der Waals surface area contributed by atoms with E-state index in [1.165, 1.54) is 13.2 Å². The summed E-state index contributed by atoms with van der Waals surface area (Å²) in [5.41, 5.74) is 7.85. The molecule has 0 amide bonds. The molecule has 1 aromatic heterocycles. The summed E-state index contributed by atoms with van der Waals surface area (Å²) in [7, 11) is 1.53. The van der Waals surface area contributed by atoms with Crippen molar-refractivity contribution in [1.82, 2.24) is 9.97 Å². The number of hydrogen-bond acceptors (Lipinski definition) is 4. The van der Waals surface area contributed by atoms with Crippen molar-refractivity contribution in [3.63, 3.8) is 0 Å². The zero-order chi connectivity index (χ0) is 16.1. The number of H-pyrrole nitrogens is 1. The number of methoxy groups -OCH3 is 1. The lowest BCUT2D eigenvalue weighted by molar-refractivity contribution is 0.181.